The normalized spacial score (nSPS) is 15.7. The van der Waals surface area contributed by atoms with Gasteiger partial charge in [0.15, 0.2) is 0 Å². The number of aromatic nitrogens is 1. The minimum atomic E-state index is 0.356. The number of benzene rings is 1. The molecule has 1 aromatic carbocycles. The molecule has 2 aromatic rings. The van der Waals surface area contributed by atoms with Crippen molar-refractivity contribution < 1.29 is 5.11 Å². The summed E-state index contributed by atoms with van der Waals surface area (Å²) in [5.41, 5.74) is 3.88. The van der Waals surface area contributed by atoms with Crippen LogP contribution in [0.25, 0.3) is 10.9 Å². The Morgan fingerprint density at radius 1 is 1.36 bits per heavy atom. The highest BCUT2D eigenvalue weighted by molar-refractivity contribution is 7.98. The number of hydrogen-bond acceptors (Lipinski definition) is 2. The maximum atomic E-state index is 9.43. The predicted octanol–water partition coefficient (Wildman–Crippen LogP) is 2.66. The number of aromatic hydroxyl groups is 1. The highest BCUT2D eigenvalue weighted by atomic mass is 32.2. The van der Waals surface area contributed by atoms with Gasteiger partial charge in [0, 0.05) is 22.3 Å². The Hall–Kier alpha value is -1.09. The number of phenols is 1. The number of aryl methyl sites for hydroxylation is 1. The van der Waals surface area contributed by atoms with E-state index in [1.54, 1.807) is 6.07 Å². The van der Waals surface area contributed by atoms with Crippen molar-refractivity contribution in [1.82, 2.24) is 4.98 Å². The first kappa shape index (κ1) is 8.24. The van der Waals surface area contributed by atoms with Crippen LogP contribution in [0.5, 0.6) is 5.75 Å². The quantitative estimate of drug-likeness (QED) is 0.693. The molecule has 0 saturated heterocycles. The number of aromatic amines is 1. The Balaban J connectivity index is 2.32. The van der Waals surface area contributed by atoms with Gasteiger partial charge in [-0.15, -0.1) is 0 Å². The molecular weight excluding hydrogens is 194 g/mol. The summed E-state index contributed by atoms with van der Waals surface area (Å²) in [6, 6.07) is 5.54. The van der Waals surface area contributed by atoms with E-state index in [9.17, 15) is 5.11 Å². The van der Waals surface area contributed by atoms with E-state index in [0.717, 1.165) is 17.7 Å². The first-order valence-electron chi connectivity index (χ1n) is 4.75. The van der Waals surface area contributed by atoms with Crippen LogP contribution in [0.15, 0.2) is 18.2 Å². The fourth-order valence-corrected chi connectivity index (χ4v) is 3.04. The summed E-state index contributed by atoms with van der Waals surface area (Å²) in [6.45, 7) is 0. The molecule has 2 heterocycles. The van der Waals surface area contributed by atoms with Crippen LogP contribution in [-0.2, 0) is 12.2 Å². The minimum absolute atomic E-state index is 0.356. The van der Waals surface area contributed by atoms with Crippen LogP contribution in [-0.4, -0.2) is 15.8 Å². The second kappa shape index (κ2) is 2.95. The van der Waals surface area contributed by atoms with Crippen LogP contribution in [0, 0.1) is 0 Å². The Bertz CT molecular complexity index is 489. The molecule has 0 radical (unpaired) electrons. The van der Waals surface area contributed by atoms with E-state index < -0.39 is 0 Å². The first-order chi connectivity index (χ1) is 6.84. The highest BCUT2D eigenvalue weighted by Gasteiger charge is 2.15. The van der Waals surface area contributed by atoms with Crippen molar-refractivity contribution in [1.29, 1.82) is 0 Å². The van der Waals surface area contributed by atoms with E-state index in [-0.39, 0.29) is 0 Å². The van der Waals surface area contributed by atoms with Crippen molar-refractivity contribution in [3.8, 4) is 5.75 Å². The summed E-state index contributed by atoms with van der Waals surface area (Å²) in [5, 5.41) is 10.6. The first-order valence-corrected chi connectivity index (χ1v) is 5.90. The molecular formula is C11H11NOS. The molecule has 2 N–H and O–H groups in total. The Morgan fingerprint density at radius 3 is 3.21 bits per heavy atom. The van der Waals surface area contributed by atoms with Crippen molar-refractivity contribution in [2.45, 2.75) is 12.2 Å². The Morgan fingerprint density at radius 2 is 2.29 bits per heavy atom. The fourth-order valence-electron chi connectivity index (χ4n) is 2.02. The SMILES string of the molecule is Oc1ccc2[nH]c3c(c2c1)CSCC3. The number of thioether (sulfide) groups is 1. The molecule has 0 amide bonds. The zero-order chi connectivity index (χ0) is 9.54. The number of fused-ring (bicyclic) bond motifs is 3. The molecule has 0 unspecified atom stereocenters. The average Bonchev–Trinajstić information content (AvgIpc) is 2.56. The van der Waals surface area contributed by atoms with E-state index in [1.165, 1.54) is 22.4 Å². The number of hydrogen-bond donors (Lipinski definition) is 2. The monoisotopic (exact) mass is 205 g/mol. The molecule has 1 aliphatic rings. The summed E-state index contributed by atoms with van der Waals surface area (Å²) < 4.78 is 0. The van der Waals surface area contributed by atoms with Crippen molar-refractivity contribution in [2.75, 3.05) is 5.75 Å². The molecule has 0 bridgehead atoms. The minimum Gasteiger partial charge on any atom is -0.508 e. The van der Waals surface area contributed by atoms with Gasteiger partial charge >= 0.3 is 0 Å². The lowest BCUT2D eigenvalue weighted by Gasteiger charge is -2.10. The lowest BCUT2D eigenvalue weighted by atomic mass is 10.1. The van der Waals surface area contributed by atoms with Gasteiger partial charge in [0.1, 0.15) is 5.75 Å². The van der Waals surface area contributed by atoms with Gasteiger partial charge in [0.05, 0.1) is 0 Å². The lowest BCUT2D eigenvalue weighted by Crippen LogP contribution is -1.99. The fraction of sp³-hybridized carbons (Fsp3) is 0.273. The van der Waals surface area contributed by atoms with Crippen LogP contribution in [0.4, 0.5) is 0 Å². The maximum absolute atomic E-state index is 9.43. The summed E-state index contributed by atoms with van der Waals surface area (Å²) in [6.07, 6.45) is 1.12. The zero-order valence-corrected chi connectivity index (χ0v) is 8.53. The van der Waals surface area contributed by atoms with Crippen molar-refractivity contribution in [3.63, 3.8) is 0 Å². The Labute approximate surface area is 86.3 Å². The van der Waals surface area contributed by atoms with Crippen molar-refractivity contribution >= 4 is 22.7 Å². The maximum Gasteiger partial charge on any atom is 0.116 e. The number of rotatable bonds is 0. The number of nitrogens with one attached hydrogen (secondary N) is 1. The van der Waals surface area contributed by atoms with Crippen molar-refractivity contribution in [3.05, 3.63) is 29.5 Å². The molecule has 3 rings (SSSR count). The second-order valence-electron chi connectivity index (χ2n) is 3.61. The predicted molar refractivity (Wildman–Crippen MR) is 59.8 cm³/mol. The number of phenolic OH excluding ortho intramolecular Hbond substituents is 1. The summed E-state index contributed by atoms with van der Waals surface area (Å²) in [4.78, 5) is 3.42. The highest BCUT2D eigenvalue weighted by Crippen LogP contribution is 2.32. The molecule has 72 valence electrons. The van der Waals surface area contributed by atoms with E-state index in [1.807, 2.05) is 23.9 Å². The smallest absolute Gasteiger partial charge is 0.116 e. The average molecular weight is 205 g/mol. The molecule has 1 aliphatic heterocycles. The second-order valence-corrected chi connectivity index (χ2v) is 4.72. The topological polar surface area (TPSA) is 36.0 Å². The molecule has 14 heavy (non-hydrogen) atoms. The van der Waals surface area contributed by atoms with Gasteiger partial charge in [-0.3, -0.25) is 0 Å². The third-order valence-corrected chi connectivity index (χ3v) is 3.71. The van der Waals surface area contributed by atoms with E-state index in [2.05, 4.69) is 4.98 Å². The molecule has 2 nitrogen and oxygen atoms in total. The van der Waals surface area contributed by atoms with Crippen LogP contribution >= 0.6 is 11.8 Å². The van der Waals surface area contributed by atoms with Gasteiger partial charge in [-0.05, 0) is 35.9 Å². The summed E-state index contributed by atoms with van der Waals surface area (Å²) >= 11 is 1.96. The summed E-state index contributed by atoms with van der Waals surface area (Å²) in [7, 11) is 0. The van der Waals surface area contributed by atoms with Crippen LogP contribution in [0.3, 0.4) is 0 Å². The molecule has 0 atom stereocenters. The van der Waals surface area contributed by atoms with Gasteiger partial charge in [0.2, 0.25) is 0 Å². The largest absolute Gasteiger partial charge is 0.508 e. The molecule has 0 spiro atoms. The van der Waals surface area contributed by atoms with Gasteiger partial charge in [-0.2, -0.15) is 11.8 Å². The lowest BCUT2D eigenvalue weighted by molar-refractivity contribution is 0.476. The molecule has 1 aromatic heterocycles. The standard InChI is InChI=1S/C11H11NOS/c13-7-1-2-10-8(5-7)9-6-14-4-3-11(9)12-10/h1-2,5,12-13H,3-4,6H2. The Kier molecular flexibility index (Phi) is 1.74. The van der Waals surface area contributed by atoms with Crippen LogP contribution in [0.2, 0.25) is 0 Å². The molecule has 0 fully saturated rings. The third-order valence-electron chi connectivity index (χ3n) is 2.72. The number of H-pyrrole nitrogens is 1. The van der Waals surface area contributed by atoms with Crippen LogP contribution < -0.4 is 0 Å². The van der Waals surface area contributed by atoms with E-state index >= 15 is 0 Å². The molecule has 3 heteroatoms. The van der Waals surface area contributed by atoms with E-state index in [4.69, 9.17) is 0 Å². The van der Waals surface area contributed by atoms with Gasteiger partial charge < -0.3 is 10.1 Å². The van der Waals surface area contributed by atoms with Crippen LogP contribution in [0.1, 0.15) is 11.3 Å². The third kappa shape index (κ3) is 1.12. The molecule has 0 saturated carbocycles. The van der Waals surface area contributed by atoms with Gasteiger partial charge in [0.25, 0.3) is 0 Å². The van der Waals surface area contributed by atoms with E-state index in [0.29, 0.717) is 5.75 Å². The summed E-state index contributed by atoms with van der Waals surface area (Å²) in [5.74, 6) is 2.62. The van der Waals surface area contributed by atoms with Gasteiger partial charge in [-0.25, -0.2) is 0 Å². The molecule has 0 aliphatic carbocycles. The van der Waals surface area contributed by atoms with Gasteiger partial charge in [-0.1, -0.05) is 0 Å². The van der Waals surface area contributed by atoms with Crippen molar-refractivity contribution in [2.24, 2.45) is 0 Å². The zero-order valence-electron chi connectivity index (χ0n) is 7.71.